The van der Waals surface area contributed by atoms with Crippen LogP contribution in [0.5, 0.6) is 0 Å². The highest BCUT2D eigenvalue weighted by atomic mass is 33.5. The van der Waals surface area contributed by atoms with E-state index in [2.05, 4.69) is 31.2 Å². The van der Waals surface area contributed by atoms with E-state index in [9.17, 15) is 10.4 Å². The molecule has 0 fully saturated rings. The van der Waals surface area contributed by atoms with Crippen molar-refractivity contribution >= 4 is 53.0 Å². The Labute approximate surface area is 266 Å². The molecule has 0 aliphatic rings. The van der Waals surface area contributed by atoms with E-state index in [4.69, 9.17) is 0 Å². The molecule has 0 aromatic heterocycles. The molecule has 3 atom stereocenters. The highest BCUT2D eigenvalue weighted by Crippen LogP contribution is 2.51. The van der Waals surface area contributed by atoms with E-state index in [1.165, 1.54) is 21.3 Å². The molecule has 3 unspecified atom stereocenters. The minimum Gasteiger partial charge on any atom is -0.141 e. The van der Waals surface area contributed by atoms with Crippen LogP contribution in [0.2, 0.25) is 0 Å². The van der Waals surface area contributed by atoms with Crippen LogP contribution in [-0.4, -0.2) is 32.7 Å². The van der Waals surface area contributed by atoms with Crippen LogP contribution in [0.1, 0.15) is 80.5 Å². The Morgan fingerprint density at radius 3 is 1.68 bits per heavy atom. The van der Waals surface area contributed by atoms with Gasteiger partial charge in [0, 0.05) is 27.8 Å². The molecule has 0 spiro atoms. The second kappa shape index (κ2) is 16.4. The van der Waals surface area contributed by atoms with Gasteiger partial charge in [-0.2, -0.15) is 0 Å². The zero-order chi connectivity index (χ0) is 30.0. The lowest BCUT2D eigenvalue weighted by Gasteiger charge is -2.34. The topological polar surface area (TPSA) is 46.3 Å². The second-order valence-electron chi connectivity index (χ2n) is 11.9. The standard InChI is InChI=1S/C32H42N2O2S5/c1-24-18-20-26(21-19-24)29(39-37-22-28(33(35)31(2,3)4)25-14-10-8-11-15-25)23-38-41-40-30(34(36)32(5,6)7)27-16-12-9-13-17-27/h8-21,28-30H,22-23H2,1-7H3. The van der Waals surface area contributed by atoms with E-state index in [1.807, 2.05) is 113 Å². The molecule has 0 aliphatic heterocycles. The first-order valence-corrected chi connectivity index (χ1v) is 19.8. The molecule has 3 rings (SSSR count). The van der Waals surface area contributed by atoms with Gasteiger partial charge in [-0.3, -0.25) is 0 Å². The molecule has 3 aromatic rings. The Hall–Kier alpha value is -0.750. The SMILES string of the molecule is Cc1ccc(C(CSSSC(c2ccccc2)N([O])C(C)(C)C)SSCC(c2ccccc2)N([O])C(C)(C)C)cc1. The third-order valence-corrected chi connectivity index (χ3v) is 13.7. The van der Waals surface area contributed by atoms with Crippen molar-refractivity contribution in [1.29, 1.82) is 0 Å². The molecule has 0 saturated heterocycles. The minimum atomic E-state index is -0.493. The largest absolute Gasteiger partial charge is 0.141 e. The van der Waals surface area contributed by atoms with Crippen molar-refractivity contribution in [1.82, 2.24) is 10.1 Å². The molecule has 222 valence electrons. The molecule has 0 amide bonds. The summed E-state index contributed by atoms with van der Waals surface area (Å²) in [5, 5.41) is 28.9. The first kappa shape index (κ1) is 34.7. The molecular formula is C32H42N2O2S5. The minimum absolute atomic E-state index is 0.225. The highest BCUT2D eigenvalue weighted by Gasteiger charge is 2.32. The van der Waals surface area contributed by atoms with Crippen molar-refractivity contribution in [3.05, 3.63) is 107 Å². The van der Waals surface area contributed by atoms with Gasteiger partial charge in [-0.1, -0.05) is 134 Å². The Morgan fingerprint density at radius 1 is 0.610 bits per heavy atom. The van der Waals surface area contributed by atoms with Crippen LogP contribution in [0, 0.1) is 6.92 Å². The van der Waals surface area contributed by atoms with Crippen molar-refractivity contribution in [3.8, 4) is 0 Å². The quantitative estimate of drug-likeness (QED) is 0.0747. The molecule has 3 aromatic carbocycles. The highest BCUT2D eigenvalue weighted by molar-refractivity contribution is 9.09. The van der Waals surface area contributed by atoms with E-state index >= 15 is 0 Å². The number of rotatable bonds is 14. The summed E-state index contributed by atoms with van der Waals surface area (Å²) in [6, 6.07) is 28.6. The van der Waals surface area contributed by atoms with Crippen molar-refractivity contribution in [2.24, 2.45) is 0 Å². The van der Waals surface area contributed by atoms with Crippen molar-refractivity contribution in [2.75, 3.05) is 11.5 Å². The first-order chi connectivity index (χ1) is 19.4. The molecule has 2 radical (unpaired) electrons. The summed E-state index contributed by atoms with van der Waals surface area (Å²) in [5.74, 6) is 1.57. The van der Waals surface area contributed by atoms with E-state index in [1.54, 1.807) is 42.2 Å². The number of nitrogens with zero attached hydrogens (tertiary/aromatic N) is 2. The van der Waals surface area contributed by atoms with Crippen molar-refractivity contribution < 1.29 is 10.4 Å². The number of hydrogen-bond donors (Lipinski definition) is 0. The van der Waals surface area contributed by atoms with Gasteiger partial charge in [0.05, 0.1) is 6.04 Å². The maximum absolute atomic E-state index is 13.3. The van der Waals surface area contributed by atoms with Crippen LogP contribution in [0.15, 0.2) is 84.9 Å². The average molecular weight is 647 g/mol. The lowest BCUT2D eigenvalue weighted by atomic mass is 10.0. The average Bonchev–Trinajstić information content (AvgIpc) is 2.94. The molecule has 4 nitrogen and oxygen atoms in total. The van der Waals surface area contributed by atoms with Crippen LogP contribution in [0.3, 0.4) is 0 Å². The predicted octanol–water partition coefficient (Wildman–Crippen LogP) is 10.8. The molecule has 0 bridgehead atoms. The third kappa shape index (κ3) is 11.0. The molecule has 0 aliphatic carbocycles. The third-order valence-electron chi connectivity index (χ3n) is 6.34. The molecule has 9 heteroatoms. The zero-order valence-corrected chi connectivity index (χ0v) is 29.1. The van der Waals surface area contributed by atoms with E-state index in [-0.39, 0.29) is 16.7 Å². The van der Waals surface area contributed by atoms with E-state index in [0.717, 1.165) is 16.9 Å². The molecule has 0 heterocycles. The lowest BCUT2D eigenvalue weighted by molar-refractivity contribution is -0.237. The van der Waals surface area contributed by atoms with Crippen molar-refractivity contribution in [2.45, 2.75) is 76.2 Å². The van der Waals surface area contributed by atoms with Gasteiger partial charge in [-0.15, -0.1) is 20.5 Å². The smallest absolute Gasteiger partial charge is 0.120 e. The summed E-state index contributed by atoms with van der Waals surface area (Å²) in [4.78, 5) is 0. The van der Waals surface area contributed by atoms with Gasteiger partial charge in [0.15, 0.2) is 0 Å². The van der Waals surface area contributed by atoms with Gasteiger partial charge in [0.25, 0.3) is 0 Å². The van der Waals surface area contributed by atoms with Crippen LogP contribution in [0.25, 0.3) is 0 Å². The monoisotopic (exact) mass is 646 g/mol. The van der Waals surface area contributed by atoms with Gasteiger partial charge in [-0.25, -0.2) is 0 Å². The summed E-state index contributed by atoms with van der Waals surface area (Å²) >= 11 is 0. The van der Waals surface area contributed by atoms with Crippen LogP contribution in [-0.2, 0) is 10.4 Å². The Morgan fingerprint density at radius 2 is 1.15 bits per heavy atom. The van der Waals surface area contributed by atoms with Crippen LogP contribution in [0.4, 0.5) is 0 Å². The molecule has 41 heavy (non-hydrogen) atoms. The zero-order valence-electron chi connectivity index (χ0n) is 25.0. The van der Waals surface area contributed by atoms with E-state index in [0.29, 0.717) is 5.75 Å². The number of aryl methyl sites for hydroxylation is 1. The maximum Gasteiger partial charge on any atom is 0.120 e. The fourth-order valence-electron chi connectivity index (χ4n) is 3.94. The number of hydrogen-bond acceptors (Lipinski definition) is 7. The van der Waals surface area contributed by atoms with Gasteiger partial charge >= 0.3 is 0 Å². The van der Waals surface area contributed by atoms with E-state index < -0.39 is 11.1 Å². The van der Waals surface area contributed by atoms with Crippen LogP contribution < -0.4 is 0 Å². The summed E-state index contributed by atoms with van der Waals surface area (Å²) in [6.07, 6.45) is 0. The van der Waals surface area contributed by atoms with Crippen molar-refractivity contribution in [3.63, 3.8) is 0 Å². The normalized spacial score (nSPS) is 14.8. The van der Waals surface area contributed by atoms with Gasteiger partial charge in [-0.05, 0) is 75.0 Å². The van der Waals surface area contributed by atoms with Gasteiger partial charge < -0.3 is 0 Å². The van der Waals surface area contributed by atoms with Gasteiger partial charge in [0.2, 0.25) is 0 Å². The van der Waals surface area contributed by atoms with Crippen LogP contribution >= 0.6 is 53.0 Å². The fourth-order valence-corrected chi connectivity index (χ4v) is 11.9. The summed E-state index contributed by atoms with van der Waals surface area (Å²) in [7, 11) is 8.68. The Kier molecular flexibility index (Phi) is 13.9. The Bertz CT molecular complexity index is 1150. The Balaban J connectivity index is 1.68. The molecule has 0 saturated carbocycles. The summed E-state index contributed by atoms with van der Waals surface area (Å²) in [6.45, 7) is 13.9. The predicted molar refractivity (Wildman–Crippen MR) is 185 cm³/mol. The fraction of sp³-hybridized carbons (Fsp3) is 0.438. The van der Waals surface area contributed by atoms with Gasteiger partial charge in [0.1, 0.15) is 5.37 Å². The second-order valence-corrected chi connectivity index (χ2v) is 18.8. The lowest BCUT2D eigenvalue weighted by Crippen LogP contribution is -2.41. The number of benzene rings is 3. The molecular weight excluding hydrogens is 605 g/mol. The summed E-state index contributed by atoms with van der Waals surface area (Å²) in [5.41, 5.74) is 3.60. The number of hydroxylamine groups is 4. The molecule has 0 N–H and O–H groups in total. The first-order valence-electron chi connectivity index (χ1n) is 13.7. The summed E-state index contributed by atoms with van der Waals surface area (Å²) < 4.78 is 0. The maximum atomic E-state index is 13.3.